The fourth-order valence-corrected chi connectivity index (χ4v) is 2.22. The number of hydrogen-bond acceptors (Lipinski definition) is 4. The molecule has 0 spiro atoms. The topological polar surface area (TPSA) is 43.4 Å². The molecule has 0 radical (unpaired) electrons. The van der Waals surface area contributed by atoms with Gasteiger partial charge in [-0.1, -0.05) is 12.1 Å². The Hall–Kier alpha value is -2.07. The van der Waals surface area contributed by atoms with Gasteiger partial charge in [-0.3, -0.25) is 4.98 Å². The molecule has 2 aromatic rings. The summed E-state index contributed by atoms with van der Waals surface area (Å²) in [7, 11) is 3.30. The van der Waals surface area contributed by atoms with E-state index in [9.17, 15) is 0 Å². The summed E-state index contributed by atoms with van der Waals surface area (Å²) in [6.45, 7) is 3.04. The second kappa shape index (κ2) is 7.64. The van der Waals surface area contributed by atoms with Crippen molar-refractivity contribution in [1.29, 1.82) is 0 Å². The molecular formula is C17H22N2O2. The molecule has 1 unspecified atom stereocenters. The number of methoxy groups -OCH3 is 2. The fraction of sp³-hybridized carbons (Fsp3) is 0.353. The molecule has 2 rings (SSSR count). The second-order valence-corrected chi connectivity index (χ2v) is 4.90. The molecule has 4 nitrogen and oxygen atoms in total. The van der Waals surface area contributed by atoms with Crippen LogP contribution in [0.25, 0.3) is 0 Å². The standard InChI is InChI=1S/C17H22N2O2/c1-13(15-5-4-9-18-12-15)19-10-8-14-6-7-16(20-2)17(11-14)21-3/h4-7,9,11-13,19H,8,10H2,1-3H3. The van der Waals surface area contributed by atoms with Crippen LogP contribution < -0.4 is 14.8 Å². The molecule has 1 aromatic heterocycles. The van der Waals surface area contributed by atoms with Gasteiger partial charge in [-0.2, -0.15) is 0 Å². The van der Waals surface area contributed by atoms with Gasteiger partial charge in [-0.05, 0) is 49.2 Å². The molecule has 1 aromatic carbocycles. The van der Waals surface area contributed by atoms with Crippen LogP contribution in [0.5, 0.6) is 11.5 Å². The summed E-state index contributed by atoms with van der Waals surface area (Å²) in [5.41, 5.74) is 2.42. The Morgan fingerprint density at radius 3 is 2.62 bits per heavy atom. The zero-order chi connectivity index (χ0) is 15.1. The van der Waals surface area contributed by atoms with Crippen molar-refractivity contribution in [3.05, 3.63) is 53.9 Å². The third kappa shape index (κ3) is 4.20. The average Bonchev–Trinajstić information content (AvgIpc) is 2.55. The summed E-state index contributed by atoms with van der Waals surface area (Å²) < 4.78 is 10.6. The maximum absolute atomic E-state index is 5.32. The highest BCUT2D eigenvalue weighted by atomic mass is 16.5. The lowest BCUT2D eigenvalue weighted by molar-refractivity contribution is 0.354. The molecular weight excluding hydrogens is 264 g/mol. The Labute approximate surface area is 126 Å². The van der Waals surface area contributed by atoms with Crippen LogP contribution >= 0.6 is 0 Å². The zero-order valence-corrected chi connectivity index (χ0v) is 12.8. The molecule has 0 aliphatic carbocycles. The molecule has 1 heterocycles. The molecule has 1 N–H and O–H groups in total. The maximum atomic E-state index is 5.32. The number of aromatic nitrogens is 1. The van der Waals surface area contributed by atoms with Crippen molar-refractivity contribution in [3.8, 4) is 11.5 Å². The van der Waals surface area contributed by atoms with E-state index in [4.69, 9.17) is 9.47 Å². The lowest BCUT2D eigenvalue weighted by Gasteiger charge is -2.14. The van der Waals surface area contributed by atoms with Gasteiger partial charge in [0.25, 0.3) is 0 Å². The van der Waals surface area contributed by atoms with Crippen LogP contribution in [0.1, 0.15) is 24.1 Å². The minimum Gasteiger partial charge on any atom is -0.493 e. The zero-order valence-electron chi connectivity index (χ0n) is 12.8. The quantitative estimate of drug-likeness (QED) is 0.849. The van der Waals surface area contributed by atoms with Gasteiger partial charge in [-0.15, -0.1) is 0 Å². The average molecular weight is 286 g/mol. The lowest BCUT2D eigenvalue weighted by Crippen LogP contribution is -2.21. The van der Waals surface area contributed by atoms with E-state index >= 15 is 0 Å². The van der Waals surface area contributed by atoms with Crippen molar-refractivity contribution in [2.45, 2.75) is 19.4 Å². The smallest absolute Gasteiger partial charge is 0.160 e. The summed E-state index contributed by atoms with van der Waals surface area (Å²) in [4.78, 5) is 4.14. The van der Waals surface area contributed by atoms with Gasteiger partial charge >= 0.3 is 0 Å². The maximum Gasteiger partial charge on any atom is 0.160 e. The van der Waals surface area contributed by atoms with Gasteiger partial charge in [0.1, 0.15) is 0 Å². The van der Waals surface area contributed by atoms with Gasteiger partial charge in [0.15, 0.2) is 11.5 Å². The molecule has 0 saturated carbocycles. The number of hydrogen-bond donors (Lipinski definition) is 1. The van der Waals surface area contributed by atoms with Crippen molar-refractivity contribution < 1.29 is 9.47 Å². The number of nitrogens with one attached hydrogen (secondary N) is 1. The largest absolute Gasteiger partial charge is 0.493 e. The van der Waals surface area contributed by atoms with Gasteiger partial charge in [0.2, 0.25) is 0 Å². The van der Waals surface area contributed by atoms with Crippen LogP contribution in [0.2, 0.25) is 0 Å². The minimum atomic E-state index is 0.291. The lowest BCUT2D eigenvalue weighted by atomic mass is 10.1. The van der Waals surface area contributed by atoms with E-state index in [2.05, 4.69) is 29.4 Å². The van der Waals surface area contributed by atoms with E-state index in [1.165, 1.54) is 11.1 Å². The monoisotopic (exact) mass is 286 g/mol. The van der Waals surface area contributed by atoms with Crippen LogP contribution in [-0.2, 0) is 6.42 Å². The summed E-state index contributed by atoms with van der Waals surface area (Å²) >= 11 is 0. The van der Waals surface area contributed by atoms with E-state index in [1.54, 1.807) is 20.4 Å². The van der Waals surface area contributed by atoms with E-state index in [0.717, 1.165) is 24.5 Å². The highest BCUT2D eigenvalue weighted by Gasteiger charge is 2.06. The first kappa shape index (κ1) is 15.3. The minimum absolute atomic E-state index is 0.291. The predicted octanol–water partition coefficient (Wildman–Crippen LogP) is 2.99. The molecule has 0 saturated heterocycles. The first-order valence-corrected chi connectivity index (χ1v) is 7.09. The second-order valence-electron chi connectivity index (χ2n) is 4.90. The molecule has 0 amide bonds. The van der Waals surface area contributed by atoms with Gasteiger partial charge in [-0.25, -0.2) is 0 Å². The molecule has 21 heavy (non-hydrogen) atoms. The first-order valence-electron chi connectivity index (χ1n) is 7.09. The van der Waals surface area contributed by atoms with Crippen molar-refractivity contribution >= 4 is 0 Å². The normalized spacial score (nSPS) is 12.0. The Balaban J connectivity index is 1.89. The Morgan fingerprint density at radius 2 is 1.95 bits per heavy atom. The molecule has 0 bridgehead atoms. The highest BCUT2D eigenvalue weighted by molar-refractivity contribution is 5.42. The Kier molecular flexibility index (Phi) is 5.58. The van der Waals surface area contributed by atoms with Crippen molar-refractivity contribution in [2.75, 3.05) is 20.8 Å². The van der Waals surface area contributed by atoms with Crippen LogP contribution in [-0.4, -0.2) is 25.7 Å². The molecule has 0 fully saturated rings. The van der Waals surface area contributed by atoms with Crippen molar-refractivity contribution in [2.24, 2.45) is 0 Å². The van der Waals surface area contributed by atoms with Gasteiger partial charge in [0, 0.05) is 18.4 Å². The van der Waals surface area contributed by atoms with Gasteiger partial charge in [0.05, 0.1) is 14.2 Å². The third-order valence-corrected chi connectivity index (χ3v) is 3.50. The fourth-order valence-electron chi connectivity index (χ4n) is 2.22. The predicted molar refractivity (Wildman–Crippen MR) is 83.9 cm³/mol. The summed E-state index contributed by atoms with van der Waals surface area (Å²) in [5.74, 6) is 1.54. The Morgan fingerprint density at radius 1 is 1.14 bits per heavy atom. The molecule has 1 atom stereocenters. The number of nitrogens with zero attached hydrogens (tertiary/aromatic N) is 1. The summed E-state index contributed by atoms with van der Waals surface area (Å²) in [6.07, 6.45) is 4.62. The van der Waals surface area contributed by atoms with E-state index < -0.39 is 0 Å². The molecule has 0 aliphatic rings. The van der Waals surface area contributed by atoms with E-state index in [1.807, 2.05) is 24.4 Å². The SMILES string of the molecule is COc1ccc(CCNC(C)c2cccnc2)cc1OC. The number of ether oxygens (including phenoxy) is 2. The van der Waals surface area contributed by atoms with Crippen molar-refractivity contribution in [1.82, 2.24) is 10.3 Å². The summed E-state index contributed by atoms with van der Waals surface area (Å²) in [6, 6.07) is 10.4. The van der Waals surface area contributed by atoms with Crippen molar-refractivity contribution in [3.63, 3.8) is 0 Å². The molecule has 112 valence electrons. The van der Waals surface area contributed by atoms with Crippen LogP contribution in [0.15, 0.2) is 42.7 Å². The first-order chi connectivity index (χ1) is 10.2. The molecule has 0 aliphatic heterocycles. The molecule has 4 heteroatoms. The number of rotatable bonds is 7. The third-order valence-electron chi connectivity index (χ3n) is 3.50. The van der Waals surface area contributed by atoms with Crippen LogP contribution in [0, 0.1) is 0 Å². The number of pyridine rings is 1. The van der Waals surface area contributed by atoms with Gasteiger partial charge < -0.3 is 14.8 Å². The van der Waals surface area contributed by atoms with Crippen LogP contribution in [0.4, 0.5) is 0 Å². The Bertz CT molecular complexity index is 558. The number of benzene rings is 1. The van der Waals surface area contributed by atoms with Crippen LogP contribution in [0.3, 0.4) is 0 Å². The highest BCUT2D eigenvalue weighted by Crippen LogP contribution is 2.27. The van der Waals surface area contributed by atoms with E-state index in [0.29, 0.717) is 6.04 Å². The van der Waals surface area contributed by atoms with E-state index in [-0.39, 0.29) is 0 Å². The summed E-state index contributed by atoms with van der Waals surface area (Å²) in [5, 5.41) is 3.50.